The Morgan fingerprint density at radius 1 is 1.11 bits per heavy atom. The molecule has 0 bridgehead atoms. The first kappa shape index (κ1) is 18.3. The van der Waals surface area contributed by atoms with Crippen molar-refractivity contribution in [1.29, 1.82) is 5.26 Å². The van der Waals surface area contributed by atoms with Crippen LogP contribution >= 0.6 is 0 Å². The minimum Gasteiger partial charge on any atom is -0.367 e. The van der Waals surface area contributed by atoms with Crippen molar-refractivity contribution >= 4 is 16.7 Å². The summed E-state index contributed by atoms with van der Waals surface area (Å²) in [6, 6.07) is 11.2. The molecule has 4 rings (SSSR count). The van der Waals surface area contributed by atoms with Gasteiger partial charge in [0, 0.05) is 35.4 Å². The van der Waals surface area contributed by atoms with Crippen LogP contribution in [0.25, 0.3) is 22.0 Å². The molecule has 142 valence electrons. The molecule has 1 aliphatic rings. The van der Waals surface area contributed by atoms with Crippen molar-refractivity contribution in [3.8, 4) is 17.2 Å². The summed E-state index contributed by atoms with van der Waals surface area (Å²) in [5.41, 5.74) is 3.31. The first-order valence-electron chi connectivity index (χ1n) is 9.68. The largest absolute Gasteiger partial charge is 0.367 e. The van der Waals surface area contributed by atoms with Gasteiger partial charge in [-0.2, -0.15) is 5.26 Å². The lowest BCUT2D eigenvalue weighted by molar-refractivity contribution is 0.221. The van der Waals surface area contributed by atoms with Gasteiger partial charge in [0.25, 0.3) is 0 Å². The molecule has 3 aromatic rings. The van der Waals surface area contributed by atoms with E-state index in [1.165, 1.54) is 12.8 Å². The highest BCUT2D eigenvalue weighted by Crippen LogP contribution is 2.30. The highest BCUT2D eigenvalue weighted by Gasteiger charge is 2.23. The number of fused-ring (bicyclic) bond motifs is 1. The fraction of sp³-hybridized carbons (Fsp3) is 0.364. The Kier molecular flexibility index (Phi) is 5.18. The van der Waals surface area contributed by atoms with Crippen LogP contribution in [0, 0.1) is 11.3 Å². The third-order valence-corrected chi connectivity index (χ3v) is 5.66. The van der Waals surface area contributed by atoms with E-state index in [1.54, 1.807) is 18.7 Å². The monoisotopic (exact) mass is 372 g/mol. The van der Waals surface area contributed by atoms with Gasteiger partial charge < -0.3 is 10.2 Å². The average Bonchev–Trinajstić information content (AvgIpc) is 2.74. The second kappa shape index (κ2) is 7.91. The van der Waals surface area contributed by atoms with Gasteiger partial charge in [-0.05, 0) is 63.5 Å². The molecule has 0 amide bonds. The van der Waals surface area contributed by atoms with Gasteiger partial charge in [0.15, 0.2) is 0 Å². The van der Waals surface area contributed by atoms with Crippen molar-refractivity contribution in [2.45, 2.75) is 37.8 Å². The number of nitrogens with one attached hydrogen (secondary N) is 1. The van der Waals surface area contributed by atoms with Crippen molar-refractivity contribution in [2.75, 3.05) is 19.4 Å². The lowest BCUT2D eigenvalue weighted by Gasteiger charge is -2.33. The van der Waals surface area contributed by atoms with Crippen LogP contribution in [-0.4, -0.2) is 46.0 Å². The molecule has 0 unspecified atom stereocenters. The van der Waals surface area contributed by atoms with Crippen molar-refractivity contribution < 1.29 is 0 Å². The van der Waals surface area contributed by atoms with Crippen LogP contribution in [0.5, 0.6) is 0 Å². The summed E-state index contributed by atoms with van der Waals surface area (Å²) >= 11 is 0. The predicted octanol–water partition coefficient (Wildman–Crippen LogP) is 3.85. The Hall–Kier alpha value is -3.04. The van der Waals surface area contributed by atoms with Gasteiger partial charge in [0.05, 0.1) is 11.1 Å². The minimum absolute atomic E-state index is 0.425. The highest BCUT2D eigenvalue weighted by atomic mass is 15.1. The zero-order valence-corrected chi connectivity index (χ0v) is 16.3. The zero-order chi connectivity index (χ0) is 19.5. The molecule has 1 aromatic carbocycles. The van der Waals surface area contributed by atoms with Gasteiger partial charge >= 0.3 is 0 Å². The van der Waals surface area contributed by atoms with E-state index in [4.69, 9.17) is 0 Å². The SMILES string of the molecule is CN(C)[C@H]1CC[C@H](Nc2ncnc3ccc(-c4ccncc4C#N)cc23)CC1. The molecule has 28 heavy (non-hydrogen) atoms. The molecule has 1 N–H and O–H groups in total. The van der Waals surface area contributed by atoms with Gasteiger partial charge in [-0.25, -0.2) is 9.97 Å². The van der Waals surface area contributed by atoms with Gasteiger partial charge in [-0.15, -0.1) is 0 Å². The molecule has 0 saturated heterocycles. The van der Waals surface area contributed by atoms with Crippen LogP contribution in [0.4, 0.5) is 5.82 Å². The van der Waals surface area contributed by atoms with E-state index in [1.807, 2.05) is 18.2 Å². The molecule has 2 aromatic heterocycles. The number of rotatable bonds is 4. The number of anilines is 1. The van der Waals surface area contributed by atoms with Crippen LogP contribution in [0.15, 0.2) is 43.0 Å². The third kappa shape index (κ3) is 3.67. The molecule has 0 aliphatic heterocycles. The summed E-state index contributed by atoms with van der Waals surface area (Å²) in [6.45, 7) is 0. The molecule has 0 spiro atoms. The molecule has 6 nitrogen and oxygen atoms in total. The predicted molar refractivity (Wildman–Crippen MR) is 111 cm³/mol. The van der Waals surface area contributed by atoms with E-state index < -0.39 is 0 Å². The van der Waals surface area contributed by atoms with Crippen LogP contribution in [-0.2, 0) is 0 Å². The zero-order valence-electron chi connectivity index (χ0n) is 16.3. The van der Waals surface area contributed by atoms with Crippen molar-refractivity contribution in [3.63, 3.8) is 0 Å². The van der Waals surface area contributed by atoms with Gasteiger partial charge in [0.2, 0.25) is 0 Å². The second-order valence-electron chi connectivity index (χ2n) is 7.60. The number of hydrogen-bond donors (Lipinski definition) is 1. The van der Waals surface area contributed by atoms with Crippen LogP contribution in [0.3, 0.4) is 0 Å². The summed E-state index contributed by atoms with van der Waals surface area (Å²) < 4.78 is 0. The Morgan fingerprint density at radius 2 is 1.93 bits per heavy atom. The molecule has 1 aliphatic carbocycles. The molecular formula is C22H24N6. The van der Waals surface area contributed by atoms with Crippen molar-refractivity contribution in [2.24, 2.45) is 0 Å². The number of aromatic nitrogens is 3. The lowest BCUT2D eigenvalue weighted by atomic mass is 9.90. The van der Waals surface area contributed by atoms with Crippen LogP contribution < -0.4 is 5.32 Å². The summed E-state index contributed by atoms with van der Waals surface area (Å²) in [4.78, 5) is 15.3. The normalized spacial score (nSPS) is 19.5. The van der Waals surface area contributed by atoms with E-state index >= 15 is 0 Å². The molecule has 1 saturated carbocycles. The Labute approximate surface area is 165 Å². The maximum atomic E-state index is 9.39. The first-order chi connectivity index (χ1) is 13.7. The maximum Gasteiger partial charge on any atom is 0.137 e. The fourth-order valence-electron chi connectivity index (χ4n) is 4.00. The van der Waals surface area contributed by atoms with E-state index in [0.717, 1.165) is 40.7 Å². The molecule has 0 radical (unpaired) electrons. The summed E-state index contributed by atoms with van der Waals surface area (Å²) in [5, 5.41) is 14.0. The van der Waals surface area contributed by atoms with Crippen molar-refractivity contribution in [1.82, 2.24) is 19.9 Å². The molecule has 0 atom stereocenters. The van der Waals surface area contributed by atoms with Gasteiger partial charge in [-0.1, -0.05) is 6.07 Å². The topological polar surface area (TPSA) is 77.7 Å². The number of hydrogen-bond acceptors (Lipinski definition) is 6. The average molecular weight is 372 g/mol. The molecular weight excluding hydrogens is 348 g/mol. The molecule has 2 heterocycles. The van der Waals surface area contributed by atoms with E-state index in [0.29, 0.717) is 17.6 Å². The Balaban J connectivity index is 1.64. The summed E-state index contributed by atoms with van der Waals surface area (Å²) in [6.07, 6.45) is 9.59. The summed E-state index contributed by atoms with van der Waals surface area (Å²) in [7, 11) is 4.32. The second-order valence-corrected chi connectivity index (χ2v) is 7.60. The first-order valence-corrected chi connectivity index (χ1v) is 9.68. The highest BCUT2D eigenvalue weighted by molar-refractivity contribution is 5.93. The fourth-order valence-corrected chi connectivity index (χ4v) is 4.00. The number of nitriles is 1. The Morgan fingerprint density at radius 3 is 2.68 bits per heavy atom. The summed E-state index contributed by atoms with van der Waals surface area (Å²) in [5.74, 6) is 0.868. The number of benzene rings is 1. The number of pyridine rings is 1. The lowest BCUT2D eigenvalue weighted by Crippen LogP contribution is -2.36. The van der Waals surface area contributed by atoms with Crippen LogP contribution in [0.1, 0.15) is 31.2 Å². The van der Waals surface area contributed by atoms with E-state index in [9.17, 15) is 5.26 Å². The quantitative estimate of drug-likeness (QED) is 0.749. The maximum absolute atomic E-state index is 9.39. The Bertz CT molecular complexity index is 1010. The molecule has 1 fully saturated rings. The standard InChI is InChI=1S/C22H24N6/c1-28(2)18-6-4-17(5-7-18)27-22-20-11-15(3-8-21(20)25-14-26-22)19-9-10-24-13-16(19)12-23/h3,8-11,13-14,17-18H,4-7H2,1-2H3,(H,25,26,27)/t17-,18-. The minimum atomic E-state index is 0.425. The van der Waals surface area contributed by atoms with E-state index in [2.05, 4.69) is 51.4 Å². The van der Waals surface area contributed by atoms with Crippen molar-refractivity contribution in [3.05, 3.63) is 48.5 Å². The number of nitrogens with zero attached hydrogens (tertiary/aromatic N) is 5. The van der Waals surface area contributed by atoms with Crippen LogP contribution in [0.2, 0.25) is 0 Å². The third-order valence-electron chi connectivity index (χ3n) is 5.66. The molecule has 6 heteroatoms. The van der Waals surface area contributed by atoms with Gasteiger partial charge in [0.1, 0.15) is 18.2 Å². The van der Waals surface area contributed by atoms with E-state index in [-0.39, 0.29) is 0 Å². The smallest absolute Gasteiger partial charge is 0.137 e. The van der Waals surface area contributed by atoms with Gasteiger partial charge in [-0.3, -0.25) is 4.98 Å².